The third-order valence-electron chi connectivity index (χ3n) is 3.53. The maximum atomic E-state index is 14.2. The molecule has 104 valence electrons. The average molecular weight is 268 g/mol. The summed E-state index contributed by atoms with van der Waals surface area (Å²) in [4.78, 5) is 22.2. The van der Waals surface area contributed by atoms with Gasteiger partial charge in [-0.25, -0.2) is 4.39 Å². The van der Waals surface area contributed by atoms with E-state index in [0.717, 1.165) is 0 Å². The normalized spacial score (nSPS) is 22.6. The van der Waals surface area contributed by atoms with Gasteiger partial charge in [0, 0.05) is 0 Å². The van der Waals surface area contributed by atoms with Gasteiger partial charge in [0.1, 0.15) is 0 Å². The number of hydrogen-bond acceptors (Lipinski definition) is 2. The van der Waals surface area contributed by atoms with E-state index in [0.29, 0.717) is 12.8 Å². The molecule has 0 aliphatic heterocycles. The molecule has 0 radical (unpaired) electrons. The molecule has 1 saturated carbocycles. The van der Waals surface area contributed by atoms with E-state index < -0.39 is 29.8 Å². The van der Waals surface area contributed by atoms with Crippen molar-refractivity contribution in [3.05, 3.63) is 0 Å². The Morgan fingerprint density at radius 3 is 1.89 bits per heavy atom. The molecule has 0 aromatic carbocycles. The first-order valence-electron chi connectivity index (χ1n) is 5.79. The van der Waals surface area contributed by atoms with E-state index in [9.17, 15) is 27.2 Å². The molecule has 0 unspecified atom stereocenters. The summed E-state index contributed by atoms with van der Waals surface area (Å²) in [6.07, 6.45) is -5.82. The van der Waals surface area contributed by atoms with Gasteiger partial charge in [0.25, 0.3) is 0 Å². The lowest BCUT2D eigenvalue weighted by atomic mass is 9.70. The van der Waals surface area contributed by atoms with Crippen LogP contribution in [0.3, 0.4) is 0 Å². The highest BCUT2D eigenvalue weighted by molar-refractivity contribution is 6.05. The Labute approximate surface area is 103 Å². The fraction of sp³-hybridized carbons (Fsp3) is 0.833. The van der Waals surface area contributed by atoms with Crippen LogP contribution in [-0.2, 0) is 9.59 Å². The quantitative estimate of drug-likeness (QED) is 0.581. The maximum Gasteiger partial charge on any atom is 0.450 e. The summed E-state index contributed by atoms with van der Waals surface area (Å²) < 4.78 is 50.2. The summed E-state index contributed by atoms with van der Waals surface area (Å²) in [7, 11) is 0. The van der Waals surface area contributed by atoms with Crippen molar-refractivity contribution in [2.45, 2.75) is 57.8 Å². The molecule has 6 heteroatoms. The number of carbonyl (C=O) groups is 2. The van der Waals surface area contributed by atoms with Gasteiger partial charge in [-0.15, -0.1) is 0 Å². The van der Waals surface area contributed by atoms with Crippen molar-refractivity contribution >= 4 is 11.6 Å². The molecular formula is C12H16F4O2. The zero-order chi connectivity index (χ0) is 14.2. The summed E-state index contributed by atoms with van der Waals surface area (Å²) in [6.45, 7) is 3.83. The smallest absolute Gasteiger partial charge is 0.296 e. The Balaban J connectivity index is 2.65. The third kappa shape index (κ3) is 3.53. The molecule has 1 aliphatic rings. The molecule has 0 amide bonds. The number of Topliss-reactive ketones (excluding diaryl/α,β-unsaturated/α-hetero) is 2. The van der Waals surface area contributed by atoms with E-state index in [-0.39, 0.29) is 18.3 Å². The minimum atomic E-state index is -5.07. The highest BCUT2D eigenvalue weighted by Crippen LogP contribution is 2.43. The minimum absolute atomic E-state index is 0.107. The summed E-state index contributed by atoms with van der Waals surface area (Å²) in [5.41, 5.74) is -2.37. The monoisotopic (exact) mass is 268 g/mol. The van der Waals surface area contributed by atoms with Crippen LogP contribution >= 0.6 is 0 Å². The predicted molar refractivity (Wildman–Crippen MR) is 56.8 cm³/mol. The lowest BCUT2D eigenvalue weighted by Gasteiger charge is -2.37. The molecule has 0 aromatic heterocycles. The number of alkyl halides is 4. The van der Waals surface area contributed by atoms with Crippen molar-refractivity contribution < 1.29 is 27.2 Å². The number of carbonyl (C=O) groups excluding carboxylic acids is 2. The first kappa shape index (κ1) is 15.1. The molecule has 0 spiro atoms. The first-order valence-corrected chi connectivity index (χ1v) is 5.79. The SMILES string of the molecule is CC1(C)CCC(F)(C(=O)CC(=O)C(F)(F)F)CC1. The Hall–Kier alpha value is -0.940. The summed E-state index contributed by atoms with van der Waals surface area (Å²) in [5.74, 6) is -3.41. The zero-order valence-corrected chi connectivity index (χ0v) is 10.4. The van der Waals surface area contributed by atoms with Gasteiger partial charge < -0.3 is 0 Å². The van der Waals surface area contributed by atoms with Gasteiger partial charge >= 0.3 is 6.18 Å². The molecule has 0 N–H and O–H groups in total. The minimum Gasteiger partial charge on any atom is -0.296 e. The molecule has 1 fully saturated rings. The summed E-state index contributed by atoms with van der Waals surface area (Å²) in [6, 6.07) is 0. The van der Waals surface area contributed by atoms with Crippen LogP contribution in [0.5, 0.6) is 0 Å². The van der Waals surface area contributed by atoms with Gasteiger partial charge in [0.05, 0.1) is 6.42 Å². The van der Waals surface area contributed by atoms with Crippen LogP contribution in [0, 0.1) is 5.41 Å². The second-order valence-corrected chi connectivity index (χ2v) is 5.65. The molecule has 0 bridgehead atoms. The first-order chi connectivity index (χ1) is 7.96. The number of rotatable bonds is 3. The standard InChI is InChI=1S/C12H16F4O2/c1-10(2)3-5-11(13,6-4-10)8(17)7-9(18)12(14,15)16/h3-7H2,1-2H3. The Morgan fingerprint density at radius 2 is 1.50 bits per heavy atom. The van der Waals surface area contributed by atoms with Crippen molar-refractivity contribution in [3.63, 3.8) is 0 Å². The summed E-state index contributed by atoms with van der Waals surface area (Å²) >= 11 is 0. The second-order valence-electron chi connectivity index (χ2n) is 5.65. The van der Waals surface area contributed by atoms with Crippen LogP contribution in [0.4, 0.5) is 17.6 Å². The molecular weight excluding hydrogens is 252 g/mol. The van der Waals surface area contributed by atoms with Crippen LogP contribution < -0.4 is 0 Å². The van der Waals surface area contributed by atoms with Crippen LogP contribution in [-0.4, -0.2) is 23.4 Å². The van der Waals surface area contributed by atoms with E-state index in [1.54, 1.807) is 0 Å². The highest BCUT2D eigenvalue weighted by Gasteiger charge is 2.47. The molecule has 18 heavy (non-hydrogen) atoms. The van der Waals surface area contributed by atoms with E-state index >= 15 is 0 Å². The van der Waals surface area contributed by atoms with E-state index in [4.69, 9.17) is 0 Å². The molecule has 2 nitrogen and oxygen atoms in total. The van der Waals surface area contributed by atoms with Crippen LogP contribution in [0.1, 0.15) is 46.0 Å². The van der Waals surface area contributed by atoms with Gasteiger partial charge in [-0.1, -0.05) is 13.8 Å². The lowest BCUT2D eigenvalue weighted by Crippen LogP contribution is -2.42. The number of halogens is 4. The van der Waals surface area contributed by atoms with Crippen LogP contribution in [0.15, 0.2) is 0 Å². The average Bonchev–Trinajstić information content (AvgIpc) is 2.21. The van der Waals surface area contributed by atoms with Gasteiger partial charge in [-0.05, 0) is 31.1 Å². The van der Waals surface area contributed by atoms with E-state index in [1.165, 1.54) is 0 Å². The molecule has 0 heterocycles. The predicted octanol–water partition coefficient (Wildman–Crippen LogP) is 3.39. The van der Waals surface area contributed by atoms with Crippen LogP contribution in [0.25, 0.3) is 0 Å². The van der Waals surface area contributed by atoms with E-state index in [2.05, 4.69) is 0 Å². The van der Waals surface area contributed by atoms with Gasteiger partial charge in [-0.2, -0.15) is 13.2 Å². The van der Waals surface area contributed by atoms with Crippen molar-refractivity contribution in [2.75, 3.05) is 0 Å². The van der Waals surface area contributed by atoms with E-state index in [1.807, 2.05) is 13.8 Å². The number of ketones is 2. The second kappa shape index (κ2) is 4.63. The lowest BCUT2D eigenvalue weighted by molar-refractivity contribution is -0.173. The largest absolute Gasteiger partial charge is 0.450 e. The summed E-state index contributed by atoms with van der Waals surface area (Å²) in [5, 5.41) is 0. The molecule has 0 atom stereocenters. The van der Waals surface area contributed by atoms with Crippen molar-refractivity contribution in [3.8, 4) is 0 Å². The molecule has 0 saturated heterocycles. The molecule has 1 aliphatic carbocycles. The van der Waals surface area contributed by atoms with Crippen LogP contribution in [0.2, 0.25) is 0 Å². The fourth-order valence-electron chi connectivity index (χ4n) is 2.01. The topological polar surface area (TPSA) is 34.1 Å². The Bertz CT molecular complexity index is 348. The molecule has 0 aromatic rings. The number of hydrogen-bond donors (Lipinski definition) is 0. The van der Waals surface area contributed by atoms with Crippen molar-refractivity contribution in [2.24, 2.45) is 5.41 Å². The highest BCUT2D eigenvalue weighted by atomic mass is 19.4. The Kier molecular flexibility index (Phi) is 3.89. The van der Waals surface area contributed by atoms with Crippen molar-refractivity contribution in [1.82, 2.24) is 0 Å². The Morgan fingerprint density at radius 1 is 1.06 bits per heavy atom. The van der Waals surface area contributed by atoms with Crippen molar-refractivity contribution in [1.29, 1.82) is 0 Å². The molecule has 1 rings (SSSR count). The third-order valence-corrected chi connectivity index (χ3v) is 3.53. The zero-order valence-electron chi connectivity index (χ0n) is 10.4. The van der Waals surface area contributed by atoms with Gasteiger partial charge in [-0.3, -0.25) is 9.59 Å². The van der Waals surface area contributed by atoms with Gasteiger partial charge in [0.2, 0.25) is 5.78 Å². The maximum absolute atomic E-state index is 14.2. The fourth-order valence-corrected chi connectivity index (χ4v) is 2.01. The van der Waals surface area contributed by atoms with Gasteiger partial charge in [0.15, 0.2) is 11.5 Å².